The number of rotatable bonds is 3. The SMILES string of the molecule is COc1cccc(-c2nc(Cl)nc(C)c2[N+](=O)[O-])c1F. The molecule has 0 radical (unpaired) electrons. The second kappa shape index (κ2) is 5.38. The molecule has 0 amide bonds. The Morgan fingerprint density at radius 3 is 2.70 bits per heavy atom. The monoisotopic (exact) mass is 297 g/mol. The first-order valence-corrected chi connectivity index (χ1v) is 5.85. The van der Waals surface area contributed by atoms with Gasteiger partial charge in [-0.05, 0) is 30.7 Å². The zero-order chi connectivity index (χ0) is 14.9. The lowest BCUT2D eigenvalue weighted by Crippen LogP contribution is -2.02. The third-order valence-electron chi connectivity index (χ3n) is 2.65. The molecule has 0 atom stereocenters. The lowest BCUT2D eigenvalue weighted by molar-refractivity contribution is -0.385. The summed E-state index contributed by atoms with van der Waals surface area (Å²) in [5.74, 6) is -0.781. The lowest BCUT2D eigenvalue weighted by Gasteiger charge is -2.08. The molecule has 1 heterocycles. The normalized spacial score (nSPS) is 10.4. The molecule has 1 aromatic heterocycles. The molecule has 1 aromatic carbocycles. The Balaban J connectivity index is 2.79. The molecule has 104 valence electrons. The average molecular weight is 298 g/mol. The van der Waals surface area contributed by atoms with Crippen molar-refractivity contribution in [2.45, 2.75) is 6.92 Å². The predicted molar refractivity (Wildman–Crippen MR) is 70.4 cm³/mol. The summed E-state index contributed by atoms with van der Waals surface area (Å²) in [4.78, 5) is 17.9. The first kappa shape index (κ1) is 14.1. The summed E-state index contributed by atoms with van der Waals surface area (Å²) in [5.41, 5.74) is -0.568. The average Bonchev–Trinajstić information content (AvgIpc) is 2.37. The van der Waals surface area contributed by atoms with Gasteiger partial charge in [-0.3, -0.25) is 10.1 Å². The maximum absolute atomic E-state index is 14.2. The number of benzene rings is 1. The maximum Gasteiger partial charge on any atom is 0.316 e. The molecule has 0 aliphatic rings. The largest absolute Gasteiger partial charge is 0.494 e. The standard InChI is InChI=1S/C12H9ClFN3O3/c1-6-11(17(18)19)10(16-12(13)15-6)7-4-3-5-8(20-2)9(7)14/h3-5H,1-2H3. The Hall–Kier alpha value is -2.28. The summed E-state index contributed by atoms with van der Waals surface area (Å²) in [6.07, 6.45) is 0. The van der Waals surface area contributed by atoms with Gasteiger partial charge in [0.1, 0.15) is 5.69 Å². The fraction of sp³-hybridized carbons (Fsp3) is 0.167. The highest BCUT2D eigenvalue weighted by atomic mass is 35.5. The molecule has 8 heteroatoms. The molecule has 0 aliphatic heterocycles. The highest BCUT2D eigenvalue weighted by molar-refractivity contribution is 6.28. The summed E-state index contributed by atoms with van der Waals surface area (Å²) < 4.78 is 19.1. The van der Waals surface area contributed by atoms with Gasteiger partial charge in [0, 0.05) is 5.56 Å². The van der Waals surface area contributed by atoms with Crippen LogP contribution in [0.5, 0.6) is 5.75 Å². The molecule has 0 fully saturated rings. The van der Waals surface area contributed by atoms with E-state index in [1.807, 2.05) is 0 Å². The van der Waals surface area contributed by atoms with Crippen LogP contribution in [0.2, 0.25) is 5.28 Å². The number of halogens is 2. The second-order valence-electron chi connectivity index (χ2n) is 3.85. The van der Waals surface area contributed by atoms with E-state index in [2.05, 4.69) is 9.97 Å². The van der Waals surface area contributed by atoms with E-state index in [0.29, 0.717) is 0 Å². The van der Waals surface area contributed by atoms with E-state index in [9.17, 15) is 14.5 Å². The molecular formula is C12H9ClFN3O3. The predicted octanol–water partition coefficient (Wildman–Crippen LogP) is 3.16. The van der Waals surface area contributed by atoms with Crippen molar-refractivity contribution in [1.82, 2.24) is 9.97 Å². The fourth-order valence-electron chi connectivity index (χ4n) is 1.79. The van der Waals surface area contributed by atoms with Gasteiger partial charge in [-0.25, -0.2) is 14.4 Å². The van der Waals surface area contributed by atoms with Crippen molar-refractivity contribution in [1.29, 1.82) is 0 Å². The van der Waals surface area contributed by atoms with E-state index in [1.165, 1.54) is 32.2 Å². The van der Waals surface area contributed by atoms with Gasteiger partial charge >= 0.3 is 5.69 Å². The van der Waals surface area contributed by atoms with Crippen molar-refractivity contribution in [2.75, 3.05) is 7.11 Å². The number of hydrogen-bond donors (Lipinski definition) is 0. The third-order valence-corrected chi connectivity index (χ3v) is 2.82. The summed E-state index contributed by atoms with van der Waals surface area (Å²) in [5, 5.41) is 10.9. The first-order valence-electron chi connectivity index (χ1n) is 5.47. The molecule has 0 unspecified atom stereocenters. The van der Waals surface area contributed by atoms with Gasteiger partial charge in [0.25, 0.3) is 0 Å². The number of ether oxygens (including phenoxy) is 1. The van der Waals surface area contributed by atoms with Crippen molar-refractivity contribution in [3.8, 4) is 17.0 Å². The number of aryl methyl sites for hydroxylation is 1. The van der Waals surface area contributed by atoms with Crippen LogP contribution in [-0.2, 0) is 0 Å². The highest BCUT2D eigenvalue weighted by Gasteiger charge is 2.25. The van der Waals surface area contributed by atoms with Crippen LogP contribution >= 0.6 is 11.6 Å². The molecule has 0 saturated heterocycles. The van der Waals surface area contributed by atoms with E-state index in [1.54, 1.807) is 0 Å². The van der Waals surface area contributed by atoms with Crippen LogP contribution in [0.25, 0.3) is 11.3 Å². The molecule has 0 N–H and O–H groups in total. The van der Waals surface area contributed by atoms with Gasteiger partial charge in [0.05, 0.1) is 12.0 Å². The Morgan fingerprint density at radius 2 is 2.10 bits per heavy atom. The summed E-state index contributed by atoms with van der Waals surface area (Å²) in [6.45, 7) is 1.41. The van der Waals surface area contributed by atoms with Crippen molar-refractivity contribution < 1.29 is 14.1 Å². The zero-order valence-corrected chi connectivity index (χ0v) is 11.3. The van der Waals surface area contributed by atoms with Gasteiger partial charge < -0.3 is 4.74 Å². The number of aromatic nitrogens is 2. The quantitative estimate of drug-likeness (QED) is 0.494. The lowest BCUT2D eigenvalue weighted by atomic mass is 10.1. The first-order chi connectivity index (χ1) is 9.45. The van der Waals surface area contributed by atoms with Gasteiger partial charge in [0.15, 0.2) is 17.3 Å². The molecule has 6 nitrogen and oxygen atoms in total. The molecule has 0 spiro atoms. The van der Waals surface area contributed by atoms with Crippen LogP contribution in [-0.4, -0.2) is 22.0 Å². The van der Waals surface area contributed by atoms with Gasteiger partial charge in [-0.1, -0.05) is 6.07 Å². The van der Waals surface area contributed by atoms with Crippen LogP contribution in [0.1, 0.15) is 5.69 Å². The Bertz CT molecular complexity index is 694. The molecule has 20 heavy (non-hydrogen) atoms. The zero-order valence-electron chi connectivity index (χ0n) is 10.6. The number of methoxy groups -OCH3 is 1. The van der Waals surface area contributed by atoms with Gasteiger partial charge in [0.2, 0.25) is 5.28 Å². The Morgan fingerprint density at radius 1 is 1.40 bits per heavy atom. The number of hydrogen-bond acceptors (Lipinski definition) is 5. The summed E-state index contributed by atoms with van der Waals surface area (Å²) >= 11 is 5.70. The molecular weight excluding hydrogens is 289 g/mol. The van der Waals surface area contributed by atoms with Crippen LogP contribution in [0.15, 0.2) is 18.2 Å². The van der Waals surface area contributed by atoms with Crippen LogP contribution < -0.4 is 4.74 Å². The third kappa shape index (κ3) is 2.39. The summed E-state index contributed by atoms with van der Waals surface area (Å²) in [7, 11) is 1.30. The van der Waals surface area contributed by atoms with E-state index in [0.717, 1.165) is 0 Å². The second-order valence-corrected chi connectivity index (χ2v) is 4.19. The number of nitro groups is 1. The van der Waals surface area contributed by atoms with Crippen molar-refractivity contribution in [3.05, 3.63) is 45.1 Å². The molecule has 2 aromatic rings. The van der Waals surface area contributed by atoms with E-state index < -0.39 is 10.7 Å². The number of nitrogens with zero attached hydrogens (tertiary/aromatic N) is 3. The van der Waals surface area contributed by atoms with Crippen molar-refractivity contribution in [3.63, 3.8) is 0 Å². The van der Waals surface area contributed by atoms with Crippen LogP contribution in [0.4, 0.5) is 10.1 Å². The maximum atomic E-state index is 14.2. The van der Waals surface area contributed by atoms with Crippen LogP contribution in [0.3, 0.4) is 0 Å². The van der Waals surface area contributed by atoms with Crippen molar-refractivity contribution in [2.24, 2.45) is 0 Å². The Labute approximate surface area is 118 Å². The topological polar surface area (TPSA) is 78.2 Å². The molecule has 2 rings (SSSR count). The minimum atomic E-state index is -0.743. The minimum Gasteiger partial charge on any atom is -0.494 e. The highest BCUT2D eigenvalue weighted by Crippen LogP contribution is 2.35. The van der Waals surface area contributed by atoms with E-state index >= 15 is 0 Å². The minimum absolute atomic E-state index is 0.0378. The van der Waals surface area contributed by atoms with E-state index in [-0.39, 0.29) is 33.7 Å². The molecule has 0 aliphatic carbocycles. The molecule has 0 bridgehead atoms. The van der Waals surface area contributed by atoms with Gasteiger partial charge in [-0.2, -0.15) is 0 Å². The smallest absolute Gasteiger partial charge is 0.316 e. The van der Waals surface area contributed by atoms with Crippen LogP contribution in [0, 0.1) is 22.9 Å². The molecule has 0 saturated carbocycles. The van der Waals surface area contributed by atoms with Gasteiger partial charge in [-0.15, -0.1) is 0 Å². The summed E-state index contributed by atoms with van der Waals surface area (Å²) in [6, 6.07) is 4.27. The fourth-order valence-corrected chi connectivity index (χ4v) is 2.00. The Kier molecular flexibility index (Phi) is 3.80. The van der Waals surface area contributed by atoms with Crippen molar-refractivity contribution >= 4 is 17.3 Å². The van der Waals surface area contributed by atoms with E-state index in [4.69, 9.17) is 16.3 Å².